The van der Waals surface area contributed by atoms with Crippen LogP contribution >= 0.6 is 0 Å². The van der Waals surface area contributed by atoms with E-state index in [-0.39, 0.29) is 12.5 Å². The van der Waals surface area contributed by atoms with Gasteiger partial charge in [-0.05, 0) is 32.1 Å². The summed E-state index contributed by atoms with van der Waals surface area (Å²) in [6.07, 6.45) is 14.1. The zero-order valence-electron chi connectivity index (χ0n) is 24.1. The topological polar surface area (TPSA) is 149 Å². The van der Waals surface area contributed by atoms with E-state index in [1.165, 1.54) is 32.1 Å². The number of amides is 1. The van der Waals surface area contributed by atoms with Gasteiger partial charge in [-0.15, -0.1) is 0 Å². The van der Waals surface area contributed by atoms with E-state index in [4.69, 9.17) is 9.47 Å². The highest BCUT2D eigenvalue weighted by Crippen LogP contribution is 2.22. The van der Waals surface area contributed by atoms with E-state index >= 15 is 0 Å². The second-order valence-electron chi connectivity index (χ2n) is 10.5. The maximum absolute atomic E-state index is 12.6. The van der Waals surface area contributed by atoms with Gasteiger partial charge in [0.15, 0.2) is 6.29 Å². The van der Waals surface area contributed by atoms with Crippen LogP contribution in [-0.4, -0.2) is 87.5 Å². The molecule has 1 heterocycles. The number of carbonyl (C=O) groups excluding carboxylic acids is 1. The monoisotopic (exact) mass is 557 g/mol. The van der Waals surface area contributed by atoms with E-state index in [1.807, 2.05) is 6.08 Å². The Morgan fingerprint density at radius 3 is 2.13 bits per heavy atom. The van der Waals surface area contributed by atoms with Crippen molar-refractivity contribution in [1.82, 2.24) is 5.32 Å². The van der Waals surface area contributed by atoms with E-state index in [0.717, 1.165) is 51.4 Å². The molecule has 1 amide bonds. The molecule has 0 spiro atoms. The number of hydrogen-bond acceptors (Lipinski definition) is 8. The molecule has 0 aromatic heterocycles. The Hall–Kier alpha value is -1.33. The van der Waals surface area contributed by atoms with Crippen LogP contribution in [0.15, 0.2) is 24.3 Å². The van der Waals surface area contributed by atoms with Crippen molar-refractivity contribution in [3.05, 3.63) is 24.3 Å². The lowest BCUT2D eigenvalue weighted by Gasteiger charge is -2.40. The fraction of sp³-hybridized carbons (Fsp3) is 0.833. The summed E-state index contributed by atoms with van der Waals surface area (Å²) in [6.45, 7) is 3.58. The third-order valence-corrected chi connectivity index (χ3v) is 7.03. The van der Waals surface area contributed by atoms with Crippen LogP contribution in [0.2, 0.25) is 0 Å². The van der Waals surface area contributed by atoms with Crippen molar-refractivity contribution >= 4 is 5.91 Å². The Morgan fingerprint density at radius 2 is 1.46 bits per heavy atom. The Balaban J connectivity index is 2.61. The van der Waals surface area contributed by atoms with Crippen molar-refractivity contribution in [1.29, 1.82) is 0 Å². The molecule has 1 rings (SSSR count). The Kier molecular flexibility index (Phi) is 20.5. The van der Waals surface area contributed by atoms with Crippen molar-refractivity contribution in [2.24, 2.45) is 0 Å². The van der Waals surface area contributed by atoms with E-state index in [9.17, 15) is 30.3 Å². The first kappa shape index (κ1) is 35.7. The number of allylic oxidation sites excluding steroid dienone is 3. The molecule has 1 aliphatic rings. The van der Waals surface area contributed by atoms with Gasteiger partial charge in [-0.25, -0.2) is 0 Å². The van der Waals surface area contributed by atoms with Crippen molar-refractivity contribution in [3.8, 4) is 0 Å². The zero-order chi connectivity index (χ0) is 28.9. The molecule has 7 atom stereocenters. The van der Waals surface area contributed by atoms with Crippen LogP contribution in [-0.2, 0) is 14.3 Å². The highest BCUT2D eigenvalue weighted by molar-refractivity contribution is 5.76. The highest BCUT2D eigenvalue weighted by Gasteiger charge is 2.44. The molecule has 1 aliphatic heterocycles. The van der Waals surface area contributed by atoms with Gasteiger partial charge in [0.05, 0.1) is 25.4 Å². The molecule has 228 valence electrons. The molecule has 6 N–H and O–H groups in total. The van der Waals surface area contributed by atoms with Crippen molar-refractivity contribution in [2.45, 2.75) is 147 Å². The first-order valence-electron chi connectivity index (χ1n) is 15.1. The molecule has 39 heavy (non-hydrogen) atoms. The minimum absolute atomic E-state index is 0.201. The van der Waals surface area contributed by atoms with Crippen LogP contribution in [0.25, 0.3) is 0 Å². The number of hydrogen-bond donors (Lipinski definition) is 6. The van der Waals surface area contributed by atoms with E-state index in [1.54, 1.807) is 6.08 Å². The second-order valence-corrected chi connectivity index (χ2v) is 10.5. The summed E-state index contributed by atoms with van der Waals surface area (Å²) in [7, 11) is 0. The Morgan fingerprint density at radius 1 is 0.846 bits per heavy atom. The molecule has 0 bridgehead atoms. The normalized spacial score (nSPS) is 25.4. The number of carbonyl (C=O) groups is 1. The van der Waals surface area contributed by atoms with Gasteiger partial charge in [-0.3, -0.25) is 4.79 Å². The Bertz CT molecular complexity index is 671. The molecular weight excluding hydrogens is 502 g/mol. The van der Waals surface area contributed by atoms with E-state index < -0.39 is 49.5 Å². The van der Waals surface area contributed by atoms with Gasteiger partial charge in [0.25, 0.3) is 0 Å². The van der Waals surface area contributed by atoms with Gasteiger partial charge in [0.1, 0.15) is 24.4 Å². The average molecular weight is 558 g/mol. The lowest BCUT2D eigenvalue weighted by Crippen LogP contribution is -2.60. The van der Waals surface area contributed by atoms with Gasteiger partial charge in [0, 0.05) is 6.42 Å². The molecule has 0 aliphatic carbocycles. The third kappa shape index (κ3) is 15.3. The van der Waals surface area contributed by atoms with Crippen LogP contribution in [0.1, 0.15) is 104 Å². The minimum atomic E-state index is -1.56. The molecule has 7 unspecified atom stereocenters. The molecule has 0 saturated carbocycles. The Labute approximate surface area is 235 Å². The van der Waals surface area contributed by atoms with Crippen LogP contribution < -0.4 is 5.32 Å². The number of aliphatic hydroxyl groups excluding tert-OH is 5. The van der Waals surface area contributed by atoms with Crippen molar-refractivity contribution < 1.29 is 39.8 Å². The standard InChI is InChI=1S/C30H55NO8/c1-3-5-7-9-10-11-12-13-14-16-17-19-24(33)23(31-26(34)20-18-15-8-6-4-2)22-38-30-29(37)28(36)27(35)25(21-32)39-30/h12-13,17,19,23-25,27-30,32-33,35-37H,3-11,14-16,18,20-22H2,1-2H3,(H,31,34)/b13-12+,19-17+. The minimum Gasteiger partial charge on any atom is -0.394 e. The van der Waals surface area contributed by atoms with E-state index in [0.29, 0.717) is 6.42 Å². The summed E-state index contributed by atoms with van der Waals surface area (Å²) in [4.78, 5) is 12.6. The number of nitrogens with one attached hydrogen (secondary N) is 1. The average Bonchev–Trinajstić information content (AvgIpc) is 2.93. The first-order valence-corrected chi connectivity index (χ1v) is 15.1. The molecule has 9 nitrogen and oxygen atoms in total. The van der Waals surface area contributed by atoms with Gasteiger partial charge in [0.2, 0.25) is 5.91 Å². The number of aliphatic hydroxyl groups is 5. The molecule has 1 saturated heterocycles. The van der Waals surface area contributed by atoms with Crippen LogP contribution in [0.4, 0.5) is 0 Å². The molecule has 0 radical (unpaired) electrons. The van der Waals surface area contributed by atoms with E-state index in [2.05, 4.69) is 31.3 Å². The summed E-state index contributed by atoms with van der Waals surface area (Å²) >= 11 is 0. The maximum Gasteiger partial charge on any atom is 0.220 e. The van der Waals surface area contributed by atoms with Crippen molar-refractivity contribution in [3.63, 3.8) is 0 Å². The molecular formula is C30H55NO8. The summed E-state index contributed by atoms with van der Waals surface area (Å²) in [5.41, 5.74) is 0. The SMILES string of the molecule is CCCCCCC/C=C/CC/C=C/C(O)C(COC1OC(CO)C(O)C(O)C1O)NC(=O)CCCCCCC. The lowest BCUT2D eigenvalue weighted by atomic mass is 9.99. The largest absolute Gasteiger partial charge is 0.394 e. The van der Waals surface area contributed by atoms with Crippen LogP contribution in [0, 0.1) is 0 Å². The molecule has 9 heteroatoms. The number of ether oxygens (including phenoxy) is 2. The van der Waals surface area contributed by atoms with Crippen LogP contribution in [0.5, 0.6) is 0 Å². The van der Waals surface area contributed by atoms with Gasteiger partial charge in [-0.2, -0.15) is 0 Å². The van der Waals surface area contributed by atoms with Gasteiger partial charge >= 0.3 is 0 Å². The summed E-state index contributed by atoms with van der Waals surface area (Å²) in [5.74, 6) is -0.205. The second kappa shape index (κ2) is 22.4. The molecule has 1 fully saturated rings. The van der Waals surface area contributed by atoms with Crippen LogP contribution in [0.3, 0.4) is 0 Å². The zero-order valence-corrected chi connectivity index (χ0v) is 24.1. The molecule has 0 aromatic carbocycles. The van der Waals surface area contributed by atoms with Gasteiger partial charge < -0.3 is 40.3 Å². The fourth-order valence-electron chi connectivity index (χ4n) is 4.46. The summed E-state index contributed by atoms with van der Waals surface area (Å²) in [5, 5.41) is 53.2. The number of rotatable bonds is 22. The highest BCUT2D eigenvalue weighted by atomic mass is 16.7. The smallest absolute Gasteiger partial charge is 0.220 e. The maximum atomic E-state index is 12.6. The fourth-order valence-corrected chi connectivity index (χ4v) is 4.46. The summed E-state index contributed by atoms with van der Waals surface area (Å²) < 4.78 is 11.0. The summed E-state index contributed by atoms with van der Waals surface area (Å²) in [6, 6.07) is -0.810. The molecule has 0 aromatic rings. The number of unbranched alkanes of at least 4 members (excludes halogenated alkanes) is 10. The third-order valence-electron chi connectivity index (χ3n) is 7.03. The van der Waals surface area contributed by atoms with Gasteiger partial charge in [-0.1, -0.05) is 89.5 Å². The quantitative estimate of drug-likeness (QED) is 0.0878. The van der Waals surface area contributed by atoms with Crippen molar-refractivity contribution in [2.75, 3.05) is 13.2 Å². The first-order chi connectivity index (χ1) is 18.8. The predicted octanol–water partition coefficient (Wildman–Crippen LogP) is 3.26. The lowest BCUT2D eigenvalue weighted by molar-refractivity contribution is -0.302. The predicted molar refractivity (Wildman–Crippen MR) is 152 cm³/mol.